The zero-order valence-corrected chi connectivity index (χ0v) is 17.2. The minimum Gasteiger partial charge on any atom is -0.354 e. The van der Waals surface area contributed by atoms with Gasteiger partial charge in [-0.1, -0.05) is 18.2 Å². The van der Waals surface area contributed by atoms with Crippen molar-refractivity contribution in [1.82, 2.24) is 15.0 Å². The van der Waals surface area contributed by atoms with Crippen LogP contribution in [0.4, 0.5) is 26.4 Å². The molecule has 0 saturated heterocycles. The smallest absolute Gasteiger partial charge is 0.232 e. The maximum absolute atomic E-state index is 13.7. The van der Waals surface area contributed by atoms with E-state index in [0.717, 1.165) is 38.8 Å². The van der Waals surface area contributed by atoms with Gasteiger partial charge in [0, 0.05) is 17.8 Å². The van der Waals surface area contributed by atoms with Crippen LogP contribution in [0.3, 0.4) is 0 Å². The highest BCUT2D eigenvalue weighted by molar-refractivity contribution is 5.61. The topological polar surface area (TPSA) is 88.8 Å². The van der Waals surface area contributed by atoms with E-state index >= 15 is 0 Å². The Balaban J connectivity index is 1.55. The fourth-order valence-corrected chi connectivity index (χ4v) is 3.87. The molecule has 162 valence electrons. The Morgan fingerprint density at radius 1 is 0.839 bits per heavy atom. The summed E-state index contributed by atoms with van der Waals surface area (Å²) in [7, 11) is 0. The SMILES string of the molecule is NCC1CCC(CNc2nc(Nc3cccc(F)c3)nc(-c3cccc(F)c3)n2)CC1. The largest absolute Gasteiger partial charge is 0.354 e. The molecular weight excluding hydrogens is 398 g/mol. The molecule has 6 nitrogen and oxygen atoms in total. The molecule has 1 aliphatic rings. The van der Waals surface area contributed by atoms with Gasteiger partial charge in [0.2, 0.25) is 11.9 Å². The predicted molar refractivity (Wildman–Crippen MR) is 118 cm³/mol. The summed E-state index contributed by atoms with van der Waals surface area (Å²) in [6.45, 7) is 1.49. The normalized spacial score (nSPS) is 18.5. The van der Waals surface area contributed by atoms with E-state index in [9.17, 15) is 8.78 Å². The van der Waals surface area contributed by atoms with E-state index in [1.807, 2.05) is 0 Å². The number of hydrogen-bond acceptors (Lipinski definition) is 6. The number of rotatable bonds is 7. The summed E-state index contributed by atoms with van der Waals surface area (Å²) in [6, 6.07) is 12.1. The number of nitrogens with zero attached hydrogens (tertiary/aromatic N) is 3. The quantitative estimate of drug-likeness (QED) is 0.508. The molecule has 0 radical (unpaired) electrons. The summed E-state index contributed by atoms with van der Waals surface area (Å²) in [5.41, 5.74) is 6.84. The number of nitrogens with two attached hydrogens (primary N) is 1. The van der Waals surface area contributed by atoms with Crippen LogP contribution in [0, 0.1) is 23.5 Å². The average Bonchev–Trinajstić information content (AvgIpc) is 2.78. The molecule has 1 aliphatic carbocycles. The van der Waals surface area contributed by atoms with Gasteiger partial charge in [-0.15, -0.1) is 0 Å². The van der Waals surface area contributed by atoms with Crippen molar-refractivity contribution in [3.63, 3.8) is 0 Å². The third-order valence-corrected chi connectivity index (χ3v) is 5.65. The standard InChI is InChI=1S/C23H26F2N6/c24-18-4-1-3-17(11-18)21-29-22(27-14-16-9-7-15(13-26)8-10-16)31-23(30-21)28-20-6-2-5-19(25)12-20/h1-6,11-12,15-16H,7-10,13-14,26H2,(H2,27,28,29,30,31). The zero-order valence-electron chi connectivity index (χ0n) is 17.2. The Hall–Kier alpha value is -3.13. The first kappa shape index (κ1) is 21.1. The average molecular weight is 424 g/mol. The van der Waals surface area contributed by atoms with Crippen molar-refractivity contribution in [3.8, 4) is 11.4 Å². The van der Waals surface area contributed by atoms with Gasteiger partial charge in [-0.2, -0.15) is 15.0 Å². The molecule has 0 spiro atoms. The lowest BCUT2D eigenvalue weighted by Crippen LogP contribution is -2.25. The van der Waals surface area contributed by atoms with Gasteiger partial charge in [-0.3, -0.25) is 0 Å². The van der Waals surface area contributed by atoms with Crippen LogP contribution >= 0.6 is 0 Å². The van der Waals surface area contributed by atoms with Crippen LogP contribution < -0.4 is 16.4 Å². The van der Waals surface area contributed by atoms with E-state index in [1.165, 1.54) is 24.3 Å². The van der Waals surface area contributed by atoms with Crippen molar-refractivity contribution in [3.05, 3.63) is 60.2 Å². The van der Waals surface area contributed by atoms with Crippen LogP contribution in [0.5, 0.6) is 0 Å². The summed E-state index contributed by atoms with van der Waals surface area (Å²) in [4.78, 5) is 13.3. The molecule has 0 unspecified atom stereocenters. The Kier molecular flexibility index (Phi) is 6.66. The molecular formula is C23H26F2N6. The zero-order chi connectivity index (χ0) is 21.6. The molecule has 0 atom stereocenters. The van der Waals surface area contributed by atoms with Gasteiger partial charge in [-0.05, 0) is 74.4 Å². The maximum Gasteiger partial charge on any atom is 0.232 e. The molecule has 1 heterocycles. The van der Waals surface area contributed by atoms with E-state index in [1.54, 1.807) is 24.3 Å². The molecule has 0 bridgehead atoms. The minimum absolute atomic E-state index is 0.259. The fourth-order valence-electron chi connectivity index (χ4n) is 3.87. The number of hydrogen-bond donors (Lipinski definition) is 3. The van der Waals surface area contributed by atoms with Crippen molar-refractivity contribution in [2.75, 3.05) is 23.7 Å². The summed E-state index contributed by atoms with van der Waals surface area (Å²) in [5.74, 6) is 1.40. The second-order valence-electron chi connectivity index (χ2n) is 7.96. The number of aromatic nitrogens is 3. The summed E-state index contributed by atoms with van der Waals surface area (Å²) in [6.07, 6.45) is 4.51. The van der Waals surface area contributed by atoms with Crippen molar-refractivity contribution in [2.24, 2.45) is 17.6 Å². The molecule has 4 N–H and O–H groups in total. The monoisotopic (exact) mass is 424 g/mol. The van der Waals surface area contributed by atoms with Crippen molar-refractivity contribution >= 4 is 17.6 Å². The Bertz CT molecular complexity index is 1020. The fraction of sp³-hybridized carbons (Fsp3) is 0.348. The lowest BCUT2D eigenvalue weighted by molar-refractivity contribution is 0.289. The Labute approximate surface area is 180 Å². The third-order valence-electron chi connectivity index (χ3n) is 5.65. The van der Waals surface area contributed by atoms with Crippen molar-refractivity contribution < 1.29 is 8.78 Å². The van der Waals surface area contributed by atoms with Crippen LogP contribution in [-0.2, 0) is 0 Å². The second kappa shape index (κ2) is 9.78. The van der Waals surface area contributed by atoms with E-state index in [0.29, 0.717) is 34.9 Å². The Morgan fingerprint density at radius 3 is 2.23 bits per heavy atom. The van der Waals surface area contributed by atoms with Crippen LogP contribution in [0.25, 0.3) is 11.4 Å². The highest BCUT2D eigenvalue weighted by Crippen LogP contribution is 2.28. The van der Waals surface area contributed by atoms with Gasteiger partial charge >= 0.3 is 0 Å². The van der Waals surface area contributed by atoms with Gasteiger partial charge < -0.3 is 16.4 Å². The molecule has 3 aromatic rings. The van der Waals surface area contributed by atoms with E-state index in [2.05, 4.69) is 25.6 Å². The molecule has 4 rings (SSSR count). The lowest BCUT2D eigenvalue weighted by atomic mass is 9.82. The number of halogens is 2. The molecule has 31 heavy (non-hydrogen) atoms. The van der Waals surface area contributed by atoms with E-state index in [4.69, 9.17) is 5.73 Å². The van der Waals surface area contributed by atoms with Gasteiger partial charge in [-0.25, -0.2) is 8.78 Å². The van der Waals surface area contributed by atoms with Gasteiger partial charge in [0.25, 0.3) is 0 Å². The highest BCUT2D eigenvalue weighted by Gasteiger charge is 2.20. The summed E-state index contributed by atoms with van der Waals surface area (Å²) >= 11 is 0. The van der Waals surface area contributed by atoms with Crippen LogP contribution in [-0.4, -0.2) is 28.0 Å². The third kappa shape index (κ3) is 5.73. The van der Waals surface area contributed by atoms with Gasteiger partial charge in [0.05, 0.1) is 0 Å². The number of anilines is 3. The number of nitrogens with one attached hydrogen (secondary N) is 2. The molecule has 2 aromatic carbocycles. The molecule has 0 amide bonds. The highest BCUT2D eigenvalue weighted by atomic mass is 19.1. The van der Waals surface area contributed by atoms with Gasteiger partial charge in [0.15, 0.2) is 5.82 Å². The lowest BCUT2D eigenvalue weighted by Gasteiger charge is -2.27. The first-order valence-corrected chi connectivity index (χ1v) is 10.6. The first-order valence-electron chi connectivity index (χ1n) is 10.6. The van der Waals surface area contributed by atoms with Crippen LogP contribution in [0.1, 0.15) is 25.7 Å². The van der Waals surface area contributed by atoms with E-state index in [-0.39, 0.29) is 17.6 Å². The predicted octanol–water partition coefficient (Wildman–Crippen LogP) is 4.74. The molecule has 8 heteroatoms. The van der Waals surface area contributed by atoms with Crippen LogP contribution in [0.15, 0.2) is 48.5 Å². The molecule has 1 saturated carbocycles. The summed E-state index contributed by atoms with van der Waals surface area (Å²) in [5, 5.41) is 6.32. The molecule has 1 fully saturated rings. The van der Waals surface area contributed by atoms with Crippen molar-refractivity contribution in [1.29, 1.82) is 0 Å². The van der Waals surface area contributed by atoms with Crippen LogP contribution in [0.2, 0.25) is 0 Å². The first-order chi connectivity index (χ1) is 15.1. The second-order valence-corrected chi connectivity index (χ2v) is 7.96. The Morgan fingerprint density at radius 2 is 1.52 bits per heavy atom. The minimum atomic E-state index is -0.372. The van der Waals surface area contributed by atoms with Crippen molar-refractivity contribution in [2.45, 2.75) is 25.7 Å². The molecule has 1 aromatic heterocycles. The summed E-state index contributed by atoms with van der Waals surface area (Å²) < 4.78 is 27.3. The van der Waals surface area contributed by atoms with E-state index < -0.39 is 0 Å². The maximum atomic E-state index is 13.7. The number of benzene rings is 2. The molecule has 0 aliphatic heterocycles. The van der Waals surface area contributed by atoms with Gasteiger partial charge in [0.1, 0.15) is 11.6 Å².